The fraction of sp³-hybridized carbons (Fsp3) is 0.714. The molecule has 1 aromatic heterocycles. The Morgan fingerprint density at radius 1 is 1.77 bits per heavy atom. The van der Waals surface area contributed by atoms with Crippen LogP contribution in [0.5, 0.6) is 0 Å². The summed E-state index contributed by atoms with van der Waals surface area (Å²) in [7, 11) is 0. The van der Waals surface area contributed by atoms with E-state index >= 15 is 0 Å². The Labute approximate surface area is 85.5 Å². The van der Waals surface area contributed by atoms with Crippen LogP contribution in [0.2, 0.25) is 0 Å². The minimum atomic E-state index is 0.284. The van der Waals surface area contributed by atoms with Crippen molar-refractivity contribution < 1.29 is 4.74 Å². The van der Waals surface area contributed by atoms with Crippen molar-refractivity contribution in [3.63, 3.8) is 0 Å². The number of ether oxygens (including phenoxy) is 1. The van der Waals surface area contributed by atoms with Gasteiger partial charge in [0.25, 0.3) is 0 Å². The average Bonchev–Trinajstić information content (AvgIpc) is 2.52. The number of aromatic amines is 1. The second-order valence-corrected chi connectivity index (χ2v) is 4.67. The fourth-order valence-electron chi connectivity index (χ4n) is 1.35. The summed E-state index contributed by atoms with van der Waals surface area (Å²) in [5.74, 6) is 0. The summed E-state index contributed by atoms with van der Waals surface area (Å²) < 4.78 is 6.17. The lowest BCUT2D eigenvalue weighted by Crippen LogP contribution is -2.41. The summed E-state index contributed by atoms with van der Waals surface area (Å²) >= 11 is 6.49. The summed E-state index contributed by atoms with van der Waals surface area (Å²) in [5, 5.41) is 7.89. The molecule has 0 aliphatic carbocycles. The summed E-state index contributed by atoms with van der Waals surface area (Å²) in [5.41, 5.74) is 0. The lowest BCUT2D eigenvalue weighted by molar-refractivity contribution is 0.0532. The van der Waals surface area contributed by atoms with Gasteiger partial charge in [-0.2, -0.15) is 0 Å². The molecule has 0 aromatic carbocycles. The van der Waals surface area contributed by atoms with Crippen LogP contribution in [0.4, 0.5) is 5.13 Å². The predicted octanol–water partition coefficient (Wildman–Crippen LogP) is 1.43. The topological polar surface area (TPSA) is 41.2 Å². The van der Waals surface area contributed by atoms with Crippen LogP contribution in [0.1, 0.15) is 6.92 Å². The normalized spacial score (nSPS) is 23.5. The first-order valence-corrected chi connectivity index (χ1v) is 5.40. The van der Waals surface area contributed by atoms with Gasteiger partial charge in [-0.1, -0.05) is 11.3 Å². The molecular weight excluding hydrogens is 206 g/mol. The molecule has 1 N–H and O–H groups in total. The highest BCUT2D eigenvalue weighted by Crippen LogP contribution is 2.19. The van der Waals surface area contributed by atoms with E-state index in [4.69, 9.17) is 17.0 Å². The molecule has 1 aliphatic rings. The highest BCUT2D eigenvalue weighted by molar-refractivity contribution is 7.73. The van der Waals surface area contributed by atoms with E-state index in [0.717, 1.165) is 28.8 Å². The van der Waals surface area contributed by atoms with Crippen molar-refractivity contribution in [3.8, 4) is 0 Å². The zero-order chi connectivity index (χ0) is 9.26. The number of anilines is 1. The summed E-state index contributed by atoms with van der Waals surface area (Å²) in [6, 6.07) is 0. The fourth-order valence-corrected chi connectivity index (χ4v) is 2.26. The Bertz CT molecular complexity index is 334. The van der Waals surface area contributed by atoms with Gasteiger partial charge >= 0.3 is 0 Å². The van der Waals surface area contributed by atoms with Gasteiger partial charge in [0.15, 0.2) is 3.95 Å². The van der Waals surface area contributed by atoms with Crippen molar-refractivity contribution in [3.05, 3.63) is 3.95 Å². The third-order valence-corrected chi connectivity index (χ3v) is 3.09. The number of rotatable bonds is 1. The molecule has 0 radical (unpaired) electrons. The first-order chi connectivity index (χ1) is 6.25. The van der Waals surface area contributed by atoms with Gasteiger partial charge in [-0.15, -0.1) is 5.10 Å². The maximum absolute atomic E-state index is 5.44. The Hall–Kier alpha value is -0.460. The van der Waals surface area contributed by atoms with E-state index in [2.05, 4.69) is 22.0 Å². The van der Waals surface area contributed by atoms with Crippen LogP contribution < -0.4 is 4.90 Å². The zero-order valence-corrected chi connectivity index (χ0v) is 8.95. The second-order valence-electron chi connectivity index (χ2n) is 3.02. The first kappa shape index (κ1) is 9.11. The summed E-state index contributed by atoms with van der Waals surface area (Å²) in [4.78, 5) is 2.20. The number of aromatic nitrogens is 2. The molecule has 1 unspecified atom stereocenters. The van der Waals surface area contributed by atoms with Crippen molar-refractivity contribution >= 4 is 28.7 Å². The molecule has 6 heteroatoms. The van der Waals surface area contributed by atoms with Crippen LogP contribution >= 0.6 is 23.6 Å². The molecule has 0 bridgehead atoms. The molecule has 4 nitrogen and oxygen atoms in total. The Balaban J connectivity index is 2.12. The van der Waals surface area contributed by atoms with Gasteiger partial charge in [-0.3, -0.25) is 5.10 Å². The van der Waals surface area contributed by atoms with Gasteiger partial charge in [0.05, 0.1) is 12.7 Å². The number of hydrogen-bond acceptors (Lipinski definition) is 5. The van der Waals surface area contributed by atoms with Gasteiger partial charge < -0.3 is 9.64 Å². The van der Waals surface area contributed by atoms with Crippen LogP contribution in [0.15, 0.2) is 0 Å². The largest absolute Gasteiger partial charge is 0.375 e. The van der Waals surface area contributed by atoms with Crippen LogP contribution in [0.25, 0.3) is 0 Å². The van der Waals surface area contributed by atoms with Crippen molar-refractivity contribution in [1.82, 2.24) is 10.2 Å². The molecule has 1 fully saturated rings. The molecule has 1 aromatic rings. The minimum absolute atomic E-state index is 0.284. The molecule has 1 atom stereocenters. The molecule has 0 amide bonds. The summed E-state index contributed by atoms with van der Waals surface area (Å²) in [6.07, 6.45) is 0.284. The number of nitrogens with one attached hydrogen (secondary N) is 1. The van der Waals surface area contributed by atoms with E-state index < -0.39 is 0 Å². The van der Waals surface area contributed by atoms with Crippen LogP contribution in [0, 0.1) is 3.95 Å². The molecular formula is C7H11N3OS2. The molecule has 1 saturated heterocycles. The lowest BCUT2D eigenvalue weighted by atomic mass is 10.3. The van der Waals surface area contributed by atoms with Crippen molar-refractivity contribution in [2.75, 3.05) is 24.6 Å². The molecule has 2 heterocycles. The molecule has 0 spiro atoms. The molecule has 0 saturated carbocycles. The van der Waals surface area contributed by atoms with Crippen molar-refractivity contribution in [2.24, 2.45) is 0 Å². The Morgan fingerprint density at radius 3 is 3.23 bits per heavy atom. The maximum Gasteiger partial charge on any atom is 0.207 e. The zero-order valence-electron chi connectivity index (χ0n) is 7.32. The highest BCUT2D eigenvalue weighted by atomic mass is 32.1. The maximum atomic E-state index is 5.44. The quantitative estimate of drug-likeness (QED) is 0.722. The minimum Gasteiger partial charge on any atom is -0.375 e. The molecule has 13 heavy (non-hydrogen) atoms. The molecule has 1 aliphatic heterocycles. The monoisotopic (exact) mass is 217 g/mol. The van der Waals surface area contributed by atoms with E-state index in [-0.39, 0.29) is 6.10 Å². The second kappa shape index (κ2) is 3.73. The van der Waals surface area contributed by atoms with Gasteiger partial charge in [-0.25, -0.2) is 0 Å². The smallest absolute Gasteiger partial charge is 0.207 e. The lowest BCUT2D eigenvalue weighted by Gasteiger charge is -2.30. The Morgan fingerprint density at radius 2 is 2.62 bits per heavy atom. The van der Waals surface area contributed by atoms with Gasteiger partial charge in [0, 0.05) is 13.1 Å². The SMILES string of the molecule is CC1CN(c2n[nH]c(=S)s2)CCO1. The number of morpholine rings is 1. The highest BCUT2D eigenvalue weighted by Gasteiger charge is 2.18. The first-order valence-electron chi connectivity index (χ1n) is 4.18. The number of hydrogen-bond donors (Lipinski definition) is 1. The standard InChI is InChI=1S/C7H11N3OS2/c1-5-4-10(2-3-11-5)6-8-9-7(12)13-6/h5H,2-4H2,1H3,(H,9,12). The Kier molecular flexibility index (Phi) is 2.61. The van der Waals surface area contributed by atoms with Gasteiger partial charge in [-0.05, 0) is 19.1 Å². The molecule has 72 valence electrons. The predicted molar refractivity (Wildman–Crippen MR) is 54.9 cm³/mol. The number of H-pyrrole nitrogens is 1. The third-order valence-electron chi connectivity index (χ3n) is 1.94. The van der Waals surface area contributed by atoms with Gasteiger partial charge in [0.2, 0.25) is 5.13 Å². The van der Waals surface area contributed by atoms with E-state index in [1.165, 1.54) is 11.3 Å². The average molecular weight is 217 g/mol. The number of nitrogens with zero attached hydrogens (tertiary/aromatic N) is 2. The van der Waals surface area contributed by atoms with Crippen LogP contribution in [-0.4, -0.2) is 36.0 Å². The van der Waals surface area contributed by atoms with Crippen LogP contribution in [-0.2, 0) is 4.74 Å². The van der Waals surface area contributed by atoms with E-state index in [1.54, 1.807) is 0 Å². The molecule has 2 rings (SSSR count). The van der Waals surface area contributed by atoms with E-state index in [9.17, 15) is 0 Å². The van der Waals surface area contributed by atoms with Crippen molar-refractivity contribution in [2.45, 2.75) is 13.0 Å². The summed E-state index contributed by atoms with van der Waals surface area (Å²) in [6.45, 7) is 4.64. The third kappa shape index (κ3) is 2.07. The van der Waals surface area contributed by atoms with Crippen LogP contribution in [0.3, 0.4) is 0 Å². The van der Waals surface area contributed by atoms with E-state index in [1.807, 2.05) is 0 Å². The van der Waals surface area contributed by atoms with Crippen molar-refractivity contribution in [1.29, 1.82) is 0 Å². The van der Waals surface area contributed by atoms with E-state index in [0.29, 0.717) is 0 Å². The van der Waals surface area contributed by atoms with Gasteiger partial charge in [0.1, 0.15) is 0 Å².